The Morgan fingerprint density at radius 3 is 2.17 bits per heavy atom. The third kappa shape index (κ3) is 6.63. The Balaban J connectivity index is 1.58. The van der Waals surface area contributed by atoms with Crippen LogP contribution >= 0.6 is 0 Å². The van der Waals surface area contributed by atoms with Crippen molar-refractivity contribution in [2.45, 2.75) is 25.4 Å². The number of nitrogens with one attached hydrogen (secondary N) is 2. The summed E-state index contributed by atoms with van der Waals surface area (Å²) in [5, 5.41) is 15.3. The van der Waals surface area contributed by atoms with Crippen molar-refractivity contribution in [3.8, 4) is 0 Å². The molecule has 0 unspecified atom stereocenters. The number of carboxylic acids is 1. The van der Waals surface area contributed by atoms with Crippen LogP contribution in [0.5, 0.6) is 0 Å². The highest BCUT2D eigenvalue weighted by atomic mass is 16.4. The van der Waals surface area contributed by atoms with E-state index in [-0.39, 0.29) is 24.4 Å². The summed E-state index contributed by atoms with van der Waals surface area (Å²) >= 11 is 0. The van der Waals surface area contributed by atoms with Crippen molar-refractivity contribution in [2.75, 3.05) is 6.54 Å². The number of carbonyl (C=O) groups excluding carboxylic acids is 2. The third-order valence-electron chi connectivity index (χ3n) is 6.45. The van der Waals surface area contributed by atoms with Crippen LogP contribution in [0.3, 0.4) is 0 Å². The van der Waals surface area contributed by atoms with Gasteiger partial charge in [0, 0.05) is 25.9 Å². The van der Waals surface area contributed by atoms with Crippen molar-refractivity contribution >= 4 is 17.8 Å². The molecule has 1 atom stereocenters. The number of nitrogens with zero attached hydrogens (tertiary/aromatic N) is 2. The molecule has 0 aliphatic carbocycles. The zero-order valence-corrected chi connectivity index (χ0v) is 21.9. The number of hydrogen-bond acceptors (Lipinski definition) is 5. The molecular formula is C31H30N4O5. The van der Waals surface area contributed by atoms with E-state index in [1.165, 1.54) is 22.5 Å². The molecule has 3 aromatic rings. The lowest BCUT2D eigenvalue weighted by Gasteiger charge is -2.25. The first-order valence-corrected chi connectivity index (χ1v) is 12.8. The highest BCUT2D eigenvalue weighted by Gasteiger charge is 2.26. The summed E-state index contributed by atoms with van der Waals surface area (Å²) in [4.78, 5) is 52.6. The summed E-state index contributed by atoms with van der Waals surface area (Å²) in [5.74, 6) is -1.90. The molecule has 1 aromatic heterocycles. The Morgan fingerprint density at radius 1 is 0.925 bits per heavy atom. The summed E-state index contributed by atoms with van der Waals surface area (Å²) in [6, 6.07) is 20.0. The zero-order chi connectivity index (χ0) is 28.5. The van der Waals surface area contributed by atoms with Gasteiger partial charge >= 0.3 is 5.97 Å². The topological polar surface area (TPSA) is 121 Å². The van der Waals surface area contributed by atoms with Crippen LogP contribution in [-0.2, 0) is 9.59 Å². The molecule has 2 amide bonds. The normalized spacial score (nSPS) is 13.1. The van der Waals surface area contributed by atoms with Gasteiger partial charge in [0.25, 0.3) is 11.5 Å². The third-order valence-corrected chi connectivity index (χ3v) is 6.45. The van der Waals surface area contributed by atoms with Gasteiger partial charge in [-0.05, 0) is 41.8 Å². The fraction of sp³-hybridized carbons (Fsp3) is 0.161. The number of carbonyl (C=O) groups is 3. The minimum atomic E-state index is -1.33. The monoisotopic (exact) mass is 538 g/mol. The number of hydrogen-bond donors (Lipinski definition) is 3. The molecule has 2 aromatic carbocycles. The van der Waals surface area contributed by atoms with Crippen LogP contribution < -0.4 is 16.2 Å². The van der Waals surface area contributed by atoms with Crippen LogP contribution in [0.2, 0.25) is 0 Å². The lowest BCUT2D eigenvalue weighted by Crippen LogP contribution is -2.46. The molecule has 9 heteroatoms. The predicted octanol–water partition coefficient (Wildman–Crippen LogP) is 3.42. The van der Waals surface area contributed by atoms with Crippen LogP contribution in [-0.4, -0.2) is 44.9 Å². The van der Waals surface area contributed by atoms with E-state index in [0.29, 0.717) is 5.82 Å². The second-order valence-corrected chi connectivity index (χ2v) is 9.12. The predicted molar refractivity (Wildman–Crippen MR) is 151 cm³/mol. The van der Waals surface area contributed by atoms with Crippen LogP contribution in [0.25, 0.3) is 0 Å². The van der Waals surface area contributed by atoms with Crippen LogP contribution in [0.15, 0.2) is 120 Å². The smallest absolute Gasteiger partial charge is 0.326 e. The molecule has 1 aliphatic rings. The molecule has 0 fully saturated rings. The fourth-order valence-electron chi connectivity index (χ4n) is 4.49. The zero-order valence-electron chi connectivity index (χ0n) is 21.9. The first kappa shape index (κ1) is 27.8. The molecule has 3 N–H and O–H groups in total. The molecule has 0 saturated carbocycles. The van der Waals surface area contributed by atoms with E-state index < -0.39 is 29.5 Å². The van der Waals surface area contributed by atoms with Crippen molar-refractivity contribution in [2.24, 2.45) is 0 Å². The maximum Gasteiger partial charge on any atom is 0.326 e. The largest absolute Gasteiger partial charge is 0.480 e. The van der Waals surface area contributed by atoms with Gasteiger partial charge in [-0.25, -0.2) is 4.79 Å². The van der Waals surface area contributed by atoms with Gasteiger partial charge < -0.3 is 20.3 Å². The van der Waals surface area contributed by atoms with Gasteiger partial charge in [0.05, 0.1) is 6.04 Å². The molecular weight excluding hydrogens is 508 g/mol. The van der Waals surface area contributed by atoms with Gasteiger partial charge in [-0.15, -0.1) is 0 Å². The van der Waals surface area contributed by atoms with E-state index in [1.807, 2.05) is 60.7 Å². The summed E-state index contributed by atoms with van der Waals surface area (Å²) in [7, 11) is 0. The average Bonchev–Trinajstić information content (AvgIpc) is 3.24. The van der Waals surface area contributed by atoms with Crippen LogP contribution in [0.1, 0.15) is 40.9 Å². The number of allylic oxidation sites excluding steroid dienone is 4. The molecule has 0 saturated heterocycles. The van der Waals surface area contributed by atoms with Gasteiger partial charge in [-0.3, -0.25) is 19.3 Å². The van der Waals surface area contributed by atoms with Crippen molar-refractivity contribution in [3.05, 3.63) is 142 Å². The van der Waals surface area contributed by atoms with E-state index in [1.54, 1.807) is 42.8 Å². The summed E-state index contributed by atoms with van der Waals surface area (Å²) < 4.78 is 1.47. The quantitative estimate of drug-likeness (QED) is 0.364. The Hall–Kier alpha value is -5.18. The van der Waals surface area contributed by atoms with E-state index in [2.05, 4.69) is 10.6 Å². The molecule has 40 heavy (non-hydrogen) atoms. The second kappa shape index (κ2) is 13.1. The molecule has 0 radical (unpaired) electrons. The molecule has 4 rings (SSSR count). The highest BCUT2D eigenvalue weighted by Crippen LogP contribution is 2.25. The SMILES string of the molecule is CC(=O)N(CC[C@H](NC(=O)c1cccn(C(c2ccccc2)c2ccccc2)c1=O)C(=O)O)C1=CC=CC=CN1. The molecule has 1 aliphatic heterocycles. The fourth-order valence-corrected chi connectivity index (χ4v) is 4.49. The first-order valence-electron chi connectivity index (χ1n) is 12.8. The van der Waals surface area contributed by atoms with Crippen molar-refractivity contribution in [3.63, 3.8) is 0 Å². The van der Waals surface area contributed by atoms with E-state index in [4.69, 9.17) is 0 Å². The number of benzene rings is 2. The Bertz CT molecular complexity index is 1470. The van der Waals surface area contributed by atoms with Crippen LogP contribution in [0, 0.1) is 0 Å². The van der Waals surface area contributed by atoms with Gasteiger partial charge in [-0.1, -0.05) is 72.8 Å². The minimum absolute atomic E-state index is 0.0240. The van der Waals surface area contributed by atoms with Crippen molar-refractivity contribution in [1.82, 2.24) is 20.1 Å². The van der Waals surface area contributed by atoms with Gasteiger partial charge in [0.15, 0.2) is 0 Å². The maximum absolute atomic E-state index is 13.6. The Morgan fingerprint density at radius 2 is 1.57 bits per heavy atom. The number of pyridine rings is 1. The van der Waals surface area contributed by atoms with E-state index >= 15 is 0 Å². The summed E-state index contributed by atoms with van der Waals surface area (Å²) in [5.41, 5.74) is 0.968. The first-order chi connectivity index (χ1) is 19.4. The number of rotatable bonds is 10. The van der Waals surface area contributed by atoms with Crippen molar-refractivity contribution < 1.29 is 19.5 Å². The molecule has 0 bridgehead atoms. The number of amides is 2. The molecule has 0 spiro atoms. The molecule has 2 heterocycles. The summed E-state index contributed by atoms with van der Waals surface area (Å²) in [6.45, 7) is 1.40. The standard InChI is InChI=1S/C31H30N4O5/c1-22(36)34(27-17-9-4-10-19-32-27)21-18-26(31(39)40)33-29(37)25-16-11-20-35(30(25)38)28(23-12-5-2-6-13-23)24-14-7-3-8-15-24/h2-17,19-20,26,28,32H,18,21H2,1H3,(H,33,37)(H,39,40)/t26-/m0/s1. The molecule has 9 nitrogen and oxygen atoms in total. The number of carboxylic acid groups (broad SMARTS) is 1. The van der Waals surface area contributed by atoms with Gasteiger partial charge in [0.1, 0.15) is 17.4 Å². The number of aliphatic carboxylic acids is 1. The summed E-state index contributed by atoms with van der Waals surface area (Å²) in [6.07, 6.45) is 10.2. The average molecular weight is 539 g/mol. The molecule has 204 valence electrons. The van der Waals surface area contributed by atoms with Gasteiger partial charge in [-0.2, -0.15) is 0 Å². The van der Waals surface area contributed by atoms with E-state index in [9.17, 15) is 24.3 Å². The van der Waals surface area contributed by atoms with Crippen molar-refractivity contribution in [1.29, 1.82) is 0 Å². The van der Waals surface area contributed by atoms with E-state index in [0.717, 1.165) is 11.1 Å². The lowest BCUT2D eigenvalue weighted by atomic mass is 9.98. The minimum Gasteiger partial charge on any atom is -0.480 e. The lowest BCUT2D eigenvalue weighted by molar-refractivity contribution is -0.140. The van der Waals surface area contributed by atoms with Crippen LogP contribution in [0.4, 0.5) is 0 Å². The number of aromatic nitrogens is 1. The second-order valence-electron chi connectivity index (χ2n) is 9.12. The Labute approximate surface area is 231 Å². The maximum atomic E-state index is 13.6. The highest BCUT2D eigenvalue weighted by molar-refractivity contribution is 5.96. The van der Waals surface area contributed by atoms with Gasteiger partial charge in [0.2, 0.25) is 5.91 Å². The Kier molecular flexibility index (Phi) is 9.09.